The van der Waals surface area contributed by atoms with Gasteiger partial charge in [0, 0.05) is 25.7 Å². The Kier molecular flexibility index (Phi) is 40.5. The van der Waals surface area contributed by atoms with E-state index >= 15 is 0 Å². The molecule has 0 bridgehead atoms. The highest BCUT2D eigenvalue weighted by atomic mass is 31.2. The topological polar surface area (TPSA) is 237 Å². The molecule has 0 radical (unpaired) electrons. The third-order valence-corrected chi connectivity index (χ3v) is 11.9. The van der Waals surface area contributed by atoms with Crippen molar-refractivity contribution in [3.05, 3.63) is 12.2 Å². The fraction of sp³-hybridized carbons (Fsp3) is 0.870. The summed E-state index contributed by atoms with van der Waals surface area (Å²) >= 11 is 0. The maximum absolute atomic E-state index is 12.7. The summed E-state index contributed by atoms with van der Waals surface area (Å²) in [5.74, 6) is -2.23. The van der Waals surface area contributed by atoms with E-state index in [1.165, 1.54) is 19.3 Å². The van der Waals surface area contributed by atoms with Crippen molar-refractivity contribution in [2.45, 2.75) is 219 Å². The molecule has 0 saturated heterocycles. The number of ether oxygens (including phenoxy) is 4. The minimum Gasteiger partial charge on any atom is -0.462 e. The number of carbonyl (C=O) groups is 4. The van der Waals surface area contributed by atoms with E-state index in [-0.39, 0.29) is 25.7 Å². The van der Waals surface area contributed by atoms with Crippen molar-refractivity contribution in [1.29, 1.82) is 0 Å². The van der Waals surface area contributed by atoms with Gasteiger partial charge in [-0.3, -0.25) is 37.3 Å². The molecule has 0 aromatic carbocycles. The van der Waals surface area contributed by atoms with Crippen LogP contribution in [0.5, 0.6) is 0 Å². The number of hydrogen-bond donors (Lipinski definition) is 3. The van der Waals surface area contributed by atoms with Gasteiger partial charge in [0.2, 0.25) is 0 Å². The Bertz CT molecular complexity index is 1350. The highest BCUT2D eigenvalue weighted by molar-refractivity contribution is 7.47. The molecule has 0 aliphatic rings. The van der Waals surface area contributed by atoms with Crippen LogP contribution >= 0.6 is 15.6 Å². The number of hydrogen-bond acceptors (Lipinski definition) is 15. The van der Waals surface area contributed by atoms with Crippen molar-refractivity contribution in [1.82, 2.24) is 0 Å². The van der Waals surface area contributed by atoms with E-state index in [1.807, 2.05) is 6.92 Å². The van der Waals surface area contributed by atoms with Crippen LogP contribution in [-0.2, 0) is 65.4 Å². The third kappa shape index (κ3) is 41.7. The molecule has 0 heterocycles. The minimum absolute atomic E-state index is 0.0958. The summed E-state index contributed by atoms with van der Waals surface area (Å²) in [7, 11) is -9.82. The third-order valence-electron chi connectivity index (χ3n) is 10.0. The van der Waals surface area contributed by atoms with Gasteiger partial charge < -0.3 is 33.8 Å². The molecule has 0 aromatic heterocycles. The van der Waals surface area contributed by atoms with Crippen LogP contribution in [0.4, 0.5) is 0 Å². The second kappa shape index (κ2) is 41.9. The van der Waals surface area contributed by atoms with E-state index in [1.54, 1.807) is 0 Å². The van der Waals surface area contributed by atoms with Crippen molar-refractivity contribution in [3.8, 4) is 0 Å². The molecule has 3 N–H and O–H groups in total. The predicted molar refractivity (Wildman–Crippen MR) is 248 cm³/mol. The van der Waals surface area contributed by atoms with Gasteiger partial charge in [0.1, 0.15) is 19.3 Å². The Morgan fingerprint density at radius 3 is 1.14 bits per heavy atom. The minimum atomic E-state index is -4.92. The van der Waals surface area contributed by atoms with Gasteiger partial charge in [-0.15, -0.1) is 0 Å². The molecule has 382 valence electrons. The van der Waals surface area contributed by atoms with Crippen LogP contribution in [0.1, 0.15) is 201 Å². The van der Waals surface area contributed by atoms with Crippen LogP contribution < -0.4 is 0 Å². The molecule has 0 rings (SSSR count). The summed E-state index contributed by atoms with van der Waals surface area (Å²) in [4.78, 5) is 70.2. The van der Waals surface area contributed by atoms with Gasteiger partial charge in [0.15, 0.2) is 12.2 Å². The molecule has 0 spiro atoms. The second-order valence-corrected chi connectivity index (χ2v) is 19.3. The summed E-state index contributed by atoms with van der Waals surface area (Å²) < 4.78 is 66.3. The number of allylic oxidation sites excluding steroid dienone is 2. The molecule has 17 nitrogen and oxygen atoms in total. The normalized spacial score (nSPS) is 14.9. The summed E-state index contributed by atoms with van der Waals surface area (Å²) in [6, 6.07) is 0. The number of carbonyl (C=O) groups excluding carboxylic acids is 4. The number of esters is 4. The fourth-order valence-electron chi connectivity index (χ4n) is 6.13. The van der Waals surface area contributed by atoms with Crippen LogP contribution in [0.3, 0.4) is 0 Å². The zero-order chi connectivity index (χ0) is 48.4. The first-order valence-electron chi connectivity index (χ1n) is 24.4. The Hall–Kier alpha value is -2.20. The van der Waals surface area contributed by atoms with Crippen molar-refractivity contribution in [2.75, 3.05) is 39.6 Å². The van der Waals surface area contributed by atoms with Gasteiger partial charge >= 0.3 is 39.5 Å². The first kappa shape index (κ1) is 62.8. The van der Waals surface area contributed by atoms with E-state index in [9.17, 15) is 43.2 Å². The van der Waals surface area contributed by atoms with Gasteiger partial charge in [-0.1, -0.05) is 136 Å². The number of aliphatic hydroxyl groups excluding tert-OH is 1. The number of rotatable bonds is 46. The molecule has 5 unspecified atom stereocenters. The Labute approximate surface area is 390 Å². The van der Waals surface area contributed by atoms with Crippen molar-refractivity contribution in [3.63, 3.8) is 0 Å². The van der Waals surface area contributed by atoms with Crippen molar-refractivity contribution < 1.29 is 80.2 Å². The largest absolute Gasteiger partial charge is 0.472 e. The van der Waals surface area contributed by atoms with E-state index in [2.05, 4.69) is 32.9 Å². The van der Waals surface area contributed by atoms with Crippen LogP contribution in [0.2, 0.25) is 0 Å². The molecule has 0 saturated carbocycles. The first-order chi connectivity index (χ1) is 31.2. The average Bonchev–Trinajstić information content (AvgIpc) is 3.27. The molecule has 0 aliphatic carbocycles. The number of unbranched alkanes of at least 4 members (excludes halogenated alkanes) is 18. The number of phosphoric ester groups is 2. The first-order valence-corrected chi connectivity index (χ1v) is 27.4. The summed E-state index contributed by atoms with van der Waals surface area (Å²) in [5.41, 5.74) is 0. The molecule has 0 amide bonds. The van der Waals surface area contributed by atoms with E-state index < -0.39 is 97.5 Å². The molecule has 0 fully saturated rings. The van der Waals surface area contributed by atoms with Gasteiger partial charge in [0.25, 0.3) is 0 Å². The average molecular weight is 973 g/mol. The van der Waals surface area contributed by atoms with Crippen molar-refractivity contribution in [2.24, 2.45) is 0 Å². The molecular weight excluding hydrogens is 886 g/mol. The van der Waals surface area contributed by atoms with Gasteiger partial charge in [0.05, 0.1) is 26.4 Å². The maximum Gasteiger partial charge on any atom is 0.472 e. The van der Waals surface area contributed by atoms with Crippen LogP contribution in [0.25, 0.3) is 0 Å². The lowest BCUT2D eigenvalue weighted by atomic mass is 10.1. The van der Waals surface area contributed by atoms with E-state index in [0.29, 0.717) is 25.7 Å². The monoisotopic (exact) mass is 973 g/mol. The predicted octanol–water partition coefficient (Wildman–Crippen LogP) is 10.7. The SMILES string of the molecule is CCCCCC=CCCCCCCCC(=O)OCC(COP(=O)(O)OCC(O)COP(=O)(O)OCC(COC(=O)CCCC)OC(=O)CCCCCCC)OC(=O)CCCCCCCC. The lowest BCUT2D eigenvalue weighted by Gasteiger charge is -2.21. The second-order valence-electron chi connectivity index (χ2n) is 16.4. The molecule has 0 aromatic rings. The van der Waals surface area contributed by atoms with Crippen LogP contribution in [0.15, 0.2) is 12.2 Å². The highest BCUT2D eigenvalue weighted by Gasteiger charge is 2.30. The summed E-state index contributed by atoms with van der Waals surface area (Å²) in [5, 5.41) is 10.3. The summed E-state index contributed by atoms with van der Waals surface area (Å²) in [6.07, 6.45) is 22.7. The van der Waals surface area contributed by atoms with Gasteiger partial charge in [-0.05, 0) is 51.4 Å². The lowest BCUT2D eigenvalue weighted by molar-refractivity contribution is -0.161. The van der Waals surface area contributed by atoms with Crippen LogP contribution in [0, 0.1) is 0 Å². The standard InChI is InChI=1S/C46H86O17P2/c1-5-9-13-16-18-19-20-21-22-23-26-27-31-44(49)57-37-42(63-46(51)33-29-25-17-14-10-6-2)39-61-65(54,55)59-35-40(47)34-58-64(52,53)60-38-41(36-56-43(48)30-12-8-4)62-45(50)32-28-24-15-11-7-3/h18-19,40-42,47H,5-17,20-39H2,1-4H3,(H,52,53)(H,54,55). The Balaban J connectivity index is 5.04. The fourth-order valence-corrected chi connectivity index (χ4v) is 7.71. The lowest BCUT2D eigenvalue weighted by Crippen LogP contribution is -2.30. The van der Waals surface area contributed by atoms with E-state index in [4.69, 9.17) is 37.0 Å². The zero-order valence-corrected chi connectivity index (χ0v) is 42.0. The molecule has 65 heavy (non-hydrogen) atoms. The number of phosphoric acid groups is 2. The smallest absolute Gasteiger partial charge is 0.462 e. The molecule has 0 aliphatic heterocycles. The zero-order valence-electron chi connectivity index (χ0n) is 40.2. The van der Waals surface area contributed by atoms with Crippen LogP contribution in [-0.4, -0.2) is 96.7 Å². The molecule has 19 heteroatoms. The molecular formula is C46H86O17P2. The number of aliphatic hydroxyl groups is 1. The maximum atomic E-state index is 12.7. The Morgan fingerprint density at radius 1 is 0.415 bits per heavy atom. The van der Waals surface area contributed by atoms with Gasteiger partial charge in [-0.2, -0.15) is 0 Å². The summed E-state index contributed by atoms with van der Waals surface area (Å²) in [6.45, 7) is 4.28. The Morgan fingerprint density at radius 2 is 0.723 bits per heavy atom. The molecule has 5 atom stereocenters. The van der Waals surface area contributed by atoms with Gasteiger partial charge in [-0.25, -0.2) is 9.13 Å². The van der Waals surface area contributed by atoms with Crippen molar-refractivity contribution >= 4 is 39.5 Å². The van der Waals surface area contributed by atoms with E-state index in [0.717, 1.165) is 103 Å². The highest BCUT2D eigenvalue weighted by Crippen LogP contribution is 2.45. The quantitative estimate of drug-likeness (QED) is 0.0169.